The molecule has 1 fully saturated rings. The predicted octanol–water partition coefficient (Wildman–Crippen LogP) is 1.55. The number of rotatable bonds is 4. The molecule has 0 atom stereocenters. The van der Waals surface area contributed by atoms with E-state index in [0.29, 0.717) is 10.8 Å². The number of nitrogens with zero attached hydrogens (tertiary/aromatic N) is 1. The average Bonchev–Trinajstić information content (AvgIpc) is 2.71. The van der Waals surface area contributed by atoms with E-state index >= 15 is 0 Å². The Morgan fingerprint density at radius 1 is 1.11 bits per heavy atom. The third kappa shape index (κ3) is 4.08. The van der Waals surface area contributed by atoms with E-state index in [1.54, 1.807) is 24.3 Å². The van der Waals surface area contributed by atoms with Gasteiger partial charge in [0.2, 0.25) is 0 Å². The first-order valence-corrected chi connectivity index (χ1v) is 9.84. The number of carbonyl (C=O) groups excluding carboxylic acids is 1. The zero-order valence-electron chi connectivity index (χ0n) is 15.4. The molecule has 1 aliphatic heterocycles. The quantitative estimate of drug-likeness (QED) is 0.625. The highest BCUT2D eigenvalue weighted by Crippen LogP contribution is 2.13. The first-order valence-electron chi connectivity index (χ1n) is 9.46. The van der Waals surface area contributed by atoms with Crippen molar-refractivity contribution in [3.63, 3.8) is 0 Å². The molecule has 0 aliphatic carbocycles. The lowest BCUT2D eigenvalue weighted by Crippen LogP contribution is -3.12. The summed E-state index contributed by atoms with van der Waals surface area (Å²) in [6.45, 7) is 2.95. The molecule has 0 radical (unpaired) electrons. The van der Waals surface area contributed by atoms with E-state index in [1.165, 1.54) is 10.5 Å². The molecule has 1 aliphatic rings. The monoisotopic (exact) mass is 397 g/mol. The van der Waals surface area contributed by atoms with Gasteiger partial charge in [-0.15, -0.1) is 0 Å². The van der Waals surface area contributed by atoms with Crippen LogP contribution in [0.2, 0.25) is 5.02 Å². The van der Waals surface area contributed by atoms with Crippen LogP contribution in [0.4, 0.5) is 0 Å². The molecular formula is C21H22ClN4O2+. The van der Waals surface area contributed by atoms with Gasteiger partial charge in [-0.25, -0.2) is 5.10 Å². The van der Waals surface area contributed by atoms with Gasteiger partial charge in [0.1, 0.15) is 6.54 Å². The summed E-state index contributed by atoms with van der Waals surface area (Å²) in [6, 6.07) is 15.1. The fraction of sp³-hybridized carbons (Fsp3) is 0.286. The molecular weight excluding hydrogens is 376 g/mol. The standard InChI is InChI=1S/C21H21ClN4O2/c22-15-7-5-14(6-8-15)13-26-11-9-16(10-12-26)23-21(28)19-17-3-1-2-4-18(17)20(27)25-24-19/h1-8,16H,9-13H2,(H,23,28)(H,25,27)/p+1. The van der Waals surface area contributed by atoms with Gasteiger partial charge in [0.25, 0.3) is 11.5 Å². The number of aromatic amines is 1. The Kier molecular flexibility index (Phi) is 5.41. The molecule has 0 saturated carbocycles. The smallest absolute Gasteiger partial charge is 0.272 e. The molecule has 7 heteroatoms. The molecule has 144 valence electrons. The van der Waals surface area contributed by atoms with Crippen LogP contribution in [0, 0.1) is 0 Å². The van der Waals surface area contributed by atoms with Crippen LogP contribution in [0.25, 0.3) is 10.8 Å². The van der Waals surface area contributed by atoms with Gasteiger partial charge in [-0.2, -0.15) is 5.10 Å². The van der Waals surface area contributed by atoms with Gasteiger partial charge in [-0.3, -0.25) is 9.59 Å². The topological polar surface area (TPSA) is 79.3 Å². The second-order valence-electron chi connectivity index (χ2n) is 7.25. The van der Waals surface area contributed by atoms with Crippen molar-refractivity contribution in [3.8, 4) is 0 Å². The highest BCUT2D eigenvalue weighted by Gasteiger charge is 2.25. The van der Waals surface area contributed by atoms with Crippen molar-refractivity contribution in [2.24, 2.45) is 0 Å². The van der Waals surface area contributed by atoms with E-state index < -0.39 is 0 Å². The zero-order valence-corrected chi connectivity index (χ0v) is 16.1. The van der Waals surface area contributed by atoms with Crippen LogP contribution in [-0.2, 0) is 6.54 Å². The molecule has 1 saturated heterocycles. The second kappa shape index (κ2) is 8.12. The molecule has 3 aromatic rings. The van der Waals surface area contributed by atoms with Crippen LogP contribution >= 0.6 is 11.6 Å². The number of fused-ring (bicyclic) bond motifs is 1. The SMILES string of the molecule is O=C(NC1CC[NH+](Cc2ccc(Cl)cc2)CC1)c1n[nH]c(=O)c2ccccc12. The molecule has 0 bridgehead atoms. The minimum Gasteiger partial charge on any atom is -0.347 e. The predicted molar refractivity (Wildman–Crippen MR) is 109 cm³/mol. The molecule has 0 spiro atoms. The first kappa shape index (κ1) is 18.7. The zero-order chi connectivity index (χ0) is 19.5. The van der Waals surface area contributed by atoms with Crippen LogP contribution in [0.1, 0.15) is 28.9 Å². The van der Waals surface area contributed by atoms with Crippen LogP contribution in [0.15, 0.2) is 53.3 Å². The average molecular weight is 398 g/mol. The maximum Gasteiger partial charge on any atom is 0.272 e. The Morgan fingerprint density at radius 3 is 2.50 bits per heavy atom. The van der Waals surface area contributed by atoms with Gasteiger partial charge >= 0.3 is 0 Å². The number of halogens is 1. The summed E-state index contributed by atoms with van der Waals surface area (Å²) >= 11 is 5.95. The van der Waals surface area contributed by atoms with Crippen molar-refractivity contribution in [1.82, 2.24) is 15.5 Å². The highest BCUT2D eigenvalue weighted by molar-refractivity contribution is 6.30. The third-order valence-electron chi connectivity index (χ3n) is 5.31. The van der Waals surface area contributed by atoms with Crippen LogP contribution < -0.4 is 15.8 Å². The lowest BCUT2D eigenvalue weighted by Gasteiger charge is -2.29. The first-order chi connectivity index (χ1) is 13.6. The van der Waals surface area contributed by atoms with Gasteiger partial charge < -0.3 is 10.2 Å². The lowest BCUT2D eigenvalue weighted by atomic mass is 10.0. The minimum atomic E-state index is -0.286. The summed E-state index contributed by atoms with van der Waals surface area (Å²) in [7, 11) is 0. The Balaban J connectivity index is 1.37. The molecule has 4 rings (SSSR count). The van der Waals surface area contributed by atoms with E-state index in [1.807, 2.05) is 12.1 Å². The van der Waals surface area contributed by atoms with E-state index in [2.05, 4.69) is 27.6 Å². The van der Waals surface area contributed by atoms with E-state index in [-0.39, 0.29) is 23.2 Å². The second-order valence-corrected chi connectivity index (χ2v) is 7.68. The number of hydrogen-bond acceptors (Lipinski definition) is 3. The number of aromatic nitrogens is 2. The molecule has 2 heterocycles. The van der Waals surface area contributed by atoms with E-state index in [0.717, 1.165) is 37.5 Å². The van der Waals surface area contributed by atoms with Gasteiger partial charge in [-0.05, 0) is 18.2 Å². The Labute approximate surface area is 167 Å². The number of hydrogen-bond donors (Lipinski definition) is 3. The van der Waals surface area contributed by atoms with E-state index in [4.69, 9.17) is 11.6 Å². The van der Waals surface area contributed by atoms with Crippen LogP contribution in [-0.4, -0.2) is 35.2 Å². The van der Waals surface area contributed by atoms with E-state index in [9.17, 15) is 9.59 Å². The molecule has 28 heavy (non-hydrogen) atoms. The van der Waals surface area contributed by atoms with Crippen molar-refractivity contribution >= 4 is 28.3 Å². The van der Waals surface area contributed by atoms with Crippen LogP contribution in [0.5, 0.6) is 0 Å². The number of quaternary nitrogens is 1. The fourth-order valence-electron chi connectivity index (χ4n) is 3.78. The molecule has 1 aromatic heterocycles. The highest BCUT2D eigenvalue weighted by atomic mass is 35.5. The van der Waals surface area contributed by atoms with Gasteiger partial charge in [0.05, 0.1) is 18.5 Å². The molecule has 6 nitrogen and oxygen atoms in total. The largest absolute Gasteiger partial charge is 0.347 e. The Morgan fingerprint density at radius 2 is 1.79 bits per heavy atom. The molecule has 1 amide bonds. The lowest BCUT2D eigenvalue weighted by molar-refractivity contribution is -0.918. The summed E-state index contributed by atoms with van der Waals surface area (Å²) in [5.74, 6) is -0.237. The Hall–Kier alpha value is -2.70. The third-order valence-corrected chi connectivity index (χ3v) is 5.56. The summed E-state index contributed by atoms with van der Waals surface area (Å²) in [5, 5.41) is 11.3. The van der Waals surface area contributed by atoms with Crippen molar-refractivity contribution in [2.45, 2.75) is 25.4 Å². The minimum absolute atomic E-state index is 0.119. The molecule has 3 N–H and O–H groups in total. The number of amides is 1. The van der Waals surface area contributed by atoms with Gasteiger partial charge in [-0.1, -0.05) is 41.9 Å². The number of carbonyl (C=O) groups is 1. The number of piperidine rings is 1. The summed E-state index contributed by atoms with van der Waals surface area (Å²) in [5.41, 5.74) is 1.25. The van der Waals surface area contributed by atoms with Crippen molar-refractivity contribution in [3.05, 3.63) is 75.2 Å². The maximum atomic E-state index is 12.7. The summed E-state index contributed by atoms with van der Waals surface area (Å²) in [6.07, 6.45) is 1.83. The van der Waals surface area contributed by atoms with Crippen molar-refractivity contribution in [2.75, 3.05) is 13.1 Å². The summed E-state index contributed by atoms with van der Waals surface area (Å²) < 4.78 is 0. The van der Waals surface area contributed by atoms with Crippen molar-refractivity contribution in [1.29, 1.82) is 0 Å². The number of nitrogens with one attached hydrogen (secondary N) is 3. The Bertz CT molecular complexity index is 1040. The molecule has 2 aromatic carbocycles. The van der Waals surface area contributed by atoms with Gasteiger partial charge in [0, 0.05) is 34.9 Å². The number of H-pyrrole nitrogens is 1. The number of likely N-dealkylation sites (tertiary alicyclic amines) is 1. The van der Waals surface area contributed by atoms with Crippen molar-refractivity contribution < 1.29 is 9.69 Å². The number of benzene rings is 2. The maximum absolute atomic E-state index is 12.7. The molecule has 0 unspecified atom stereocenters. The van der Waals surface area contributed by atoms with Gasteiger partial charge in [0.15, 0.2) is 5.69 Å². The van der Waals surface area contributed by atoms with Crippen LogP contribution in [0.3, 0.4) is 0 Å². The normalized spacial score (nSPS) is 19.5. The summed E-state index contributed by atoms with van der Waals surface area (Å²) in [4.78, 5) is 26.1. The fourth-order valence-corrected chi connectivity index (χ4v) is 3.91.